The van der Waals surface area contributed by atoms with Gasteiger partial charge in [-0.15, -0.1) is 0 Å². The maximum atomic E-state index is 8.97. The quantitative estimate of drug-likeness (QED) is 0.876. The molecule has 0 amide bonds. The van der Waals surface area contributed by atoms with E-state index in [2.05, 4.69) is 10.3 Å². The van der Waals surface area contributed by atoms with E-state index in [0.29, 0.717) is 11.6 Å². The summed E-state index contributed by atoms with van der Waals surface area (Å²) < 4.78 is 0. The van der Waals surface area contributed by atoms with E-state index in [-0.39, 0.29) is 12.6 Å². The lowest BCUT2D eigenvalue weighted by Gasteiger charge is -2.12. The second kappa shape index (κ2) is 5.45. The molecule has 0 saturated carbocycles. The van der Waals surface area contributed by atoms with E-state index < -0.39 is 0 Å². The third-order valence-corrected chi connectivity index (χ3v) is 3.04. The second-order valence-electron chi connectivity index (χ2n) is 4.07. The number of nitrogens with one attached hydrogen (secondary N) is 1. The third-order valence-electron chi connectivity index (χ3n) is 2.71. The molecule has 17 heavy (non-hydrogen) atoms. The molecule has 1 aromatic heterocycles. The molecule has 4 heteroatoms. The molecule has 0 aliphatic carbocycles. The minimum absolute atomic E-state index is 0.0736. The van der Waals surface area contributed by atoms with Gasteiger partial charge >= 0.3 is 0 Å². The standard InChI is InChI=1S/C13H15ClN2O/c1-9(8-17)16-7-10-4-5-12(14)11-3-2-6-15-13(10)11/h2-6,9,16-17H,7-8H2,1H3. The van der Waals surface area contributed by atoms with Crippen LogP contribution in [0.4, 0.5) is 0 Å². The highest BCUT2D eigenvalue weighted by atomic mass is 35.5. The number of pyridine rings is 1. The lowest BCUT2D eigenvalue weighted by atomic mass is 10.1. The van der Waals surface area contributed by atoms with Crippen LogP contribution in [0.15, 0.2) is 30.5 Å². The molecular formula is C13H15ClN2O. The summed E-state index contributed by atoms with van der Waals surface area (Å²) in [4.78, 5) is 4.36. The number of fused-ring (bicyclic) bond motifs is 1. The van der Waals surface area contributed by atoms with Crippen molar-refractivity contribution < 1.29 is 5.11 Å². The normalized spacial score (nSPS) is 12.9. The highest BCUT2D eigenvalue weighted by molar-refractivity contribution is 6.35. The molecule has 2 N–H and O–H groups in total. The van der Waals surface area contributed by atoms with Gasteiger partial charge in [-0.3, -0.25) is 4.98 Å². The number of aromatic nitrogens is 1. The van der Waals surface area contributed by atoms with E-state index in [1.54, 1.807) is 6.20 Å². The molecule has 0 bridgehead atoms. The number of aliphatic hydroxyl groups excluding tert-OH is 1. The van der Waals surface area contributed by atoms with Gasteiger partial charge in [0.2, 0.25) is 0 Å². The minimum Gasteiger partial charge on any atom is -0.395 e. The topological polar surface area (TPSA) is 45.1 Å². The smallest absolute Gasteiger partial charge is 0.0761 e. The summed E-state index contributed by atoms with van der Waals surface area (Å²) in [6.45, 7) is 2.73. The van der Waals surface area contributed by atoms with Crippen LogP contribution in [0.5, 0.6) is 0 Å². The Bertz CT molecular complexity index is 516. The van der Waals surface area contributed by atoms with Crippen molar-refractivity contribution in [3.05, 3.63) is 41.0 Å². The Morgan fingerprint density at radius 3 is 3.00 bits per heavy atom. The van der Waals surface area contributed by atoms with Crippen LogP contribution in [0, 0.1) is 0 Å². The molecule has 0 spiro atoms. The number of hydrogen-bond donors (Lipinski definition) is 2. The van der Waals surface area contributed by atoms with Crippen LogP contribution in [-0.2, 0) is 6.54 Å². The molecule has 0 aliphatic heterocycles. The van der Waals surface area contributed by atoms with Gasteiger partial charge in [-0.2, -0.15) is 0 Å². The Morgan fingerprint density at radius 2 is 2.24 bits per heavy atom. The van der Waals surface area contributed by atoms with Gasteiger partial charge in [0.05, 0.1) is 12.1 Å². The zero-order valence-corrected chi connectivity index (χ0v) is 10.4. The Balaban J connectivity index is 2.32. The Labute approximate surface area is 105 Å². The molecule has 2 aromatic rings. The van der Waals surface area contributed by atoms with E-state index in [1.165, 1.54) is 0 Å². The van der Waals surface area contributed by atoms with E-state index in [0.717, 1.165) is 16.5 Å². The van der Waals surface area contributed by atoms with Gasteiger partial charge in [0.15, 0.2) is 0 Å². The Hall–Kier alpha value is -1.16. The molecular weight excluding hydrogens is 236 g/mol. The predicted molar refractivity (Wildman–Crippen MR) is 70.1 cm³/mol. The van der Waals surface area contributed by atoms with Crippen molar-refractivity contribution in [2.75, 3.05) is 6.61 Å². The van der Waals surface area contributed by atoms with Crippen LogP contribution in [0.25, 0.3) is 10.9 Å². The molecule has 1 unspecified atom stereocenters. The highest BCUT2D eigenvalue weighted by Gasteiger charge is 2.06. The molecule has 0 radical (unpaired) electrons. The zero-order valence-electron chi connectivity index (χ0n) is 9.65. The summed E-state index contributed by atoms with van der Waals surface area (Å²) in [6.07, 6.45) is 1.76. The number of hydrogen-bond acceptors (Lipinski definition) is 3. The van der Waals surface area contributed by atoms with Crippen LogP contribution >= 0.6 is 11.6 Å². The van der Waals surface area contributed by atoms with Crippen LogP contribution < -0.4 is 5.32 Å². The van der Waals surface area contributed by atoms with Crippen molar-refractivity contribution >= 4 is 22.5 Å². The number of rotatable bonds is 4. The average molecular weight is 251 g/mol. The Morgan fingerprint density at radius 1 is 1.41 bits per heavy atom. The van der Waals surface area contributed by atoms with Crippen LogP contribution in [0.3, 0.4) is 0 Å². The number of halogens is 1. The minimum atomic E-state index is 0.0736. The summed E-state index contributed by atoms with van der Waals surface area (Å²) >= 11 is 6.12. The number of aliphatic hydroxyl groups is 1. The first-order chi connectivity index (χ1) is 8.22. The highest BCUT2D eigenvalue weighted by Crippen LogP contribution is 2.24. The second-order valence-corrected chi connectivity index (χ2v) is 4.48. The van der Waals surface area contributed by atoms with Crippen LogP contribution in [-0.4, -0.2) is 22.7 Å². The van der Waals surface area contributed by atoms with Crippen molar-refractivity contribution in [1.29, 1.82) is 0 Å². The maximum Gasteiger partial charge on any atom is 0.0761 e. The summed E-state index contributed by atoms with van der Waals surface area (Å²) in [5, 5.41) is 13.9. The van der Waals surface area contributed by atoms with Crippen LogP contribution in [0.1, 0.15) is 12.5 Å². The summed E-state index contributed by atoms with van der Waals surface area (Å²) in [6, 6.07) is 7.76. The van der Waals surface area contributed by atoms with E-state index in [4.69, 9.17) is 16.7 Å². The molecule has 0 saturated heterocycles. The molecule has 3 nitrogen and oxygen atoms in total. The molecule has 1 heterocycles. The third kappa shape index (κ3) is 2.75. The van der Waals surface area contributed by atoms with E-state index >= 15 is 0 Å². The fourth-order valence-electron chi connectivity index (χ4n) is 1.69. The van der Waals surface area contributed by atoms with Gasteiger partial charge in [-0.25, -0.2) is 0 Å². The summed E-state index contributed by atoms with van der Waals surface area (Å²) in [5.74, 6) is 0. The first-order valence-electron chi connectivity index (χ1n) is 5.58. The maximum absolute atomic E-state index is 8.97. The number of benzene rings is 1. The van der Waals surface area contributed by atoms with Crippen molar-refractivity contribution in [3.63, 3.8) is 0 Å². The van der Waals surface area contributed by atoms with Crippen molar-refractivity contribution in [3.8, 4) is 0 Å². The summed E-state index contributed by atoms with van der Waals surface area (Å²) in [5.41, 5.74) is 2.00. The average Bonchev–Trinajstić information content (AvgIpc) is 2.38. The lowest BCUT2D eigenvalue weighted by Crippen LogP contribution is -2.28. The van der Waals surface area contributed by atoms with Gasteiger partial charge in [-0.1, -0.05) is 17.7 Å². The molecule has 1 atom stereocenters. The monoisotopic (exact) mass is 250 g/mol. The van der Waals surface area contributed by atoms with Gasteiger partial charge in [0.1, 0.15) is 0 Å². The SMILES string of the molecule is CC(CO)NCc1ccc(Cl)c2cccnc12. The predicted octanol–water partition coefficient (Wildman–Crippen LogP) is 2.36. The van der Waals surface area contributed by atoms with Crippen molar-refractivity contribution in [2.24, 2.45) is 0 Å². The van der Waals surface area contributed by atoms with Gasteiger partial charge in [0, 0.05) is 29.2 Å². The molecule has 1 aromatic carbocycles. The molecule has 2 rings (SSSR count). The fraction of sp³-hybridized carbons (Fsp3) is 0.308. The first-order valence-corrected chi connectivity index (χ1v) is 5.96. The molecule has 0 fully saturated rings. The zero-order chi connectivity index (χ0) is 12.3. The van der Waals surface area contributed by atoms with Gasteiger partial charge in [-0.05, 0) is 30.7 Å². The van der Waals surface area contributed by atoms with E-state index in [1.807, 2.05) is 31.2 Å². The van der Waals surface area contributed by atoms with Gasteiger partial charge < -0.3 is 10.4 Å². The van der Waals surface area contributed by atoms with Crippen LogP contribution in [0.2, 0.25) is 5.02 Å². The first kappa shape index (κ1) is 12.3. The van der Waals surface area contributed by atoms with E-state index in [9.17, 15) is 0 Å². The Kier molecular flexibility index (Phi) is 3.94. The van der Waals surface area contributed by atoms with Crippen molar-refractivity contribution in [2.45, 2.75) is 19.5 Å². The molecule has 0 aliphatic rings. The fourth-order valence-corrected chi connectivity index (χ4v) is 1.90. The van der Waals surface area contributed by atoms with Gasteiger partial charge in [0.25, 0.3) is 0 Å². The number of nitrogens with zero attached hydrogens (tertiary/aromatic N) is 1. The lowest BCUT2D eigenvalue weighted by molar-refractivity contribution is 0.251. The summed E-state index contributed by atoms with van der Waals surface area (Å²) in [7, 11) is 0. The largest absolute Gasteiger partial charge is 0.395 e. The van der Waals surface area contributed by atoms with Crippen molar-refractivity contribution in [1.82, 2.24) is 10.3 Å². The molecule has 90 valence electrons.